The molecule has 0 heterocycles. The van der Waals surface area contributed by atoms with Gasteiger partial charge in [0.2, 0.25) is 0 Å². The van der Waals surface area contributed by atoms with E-state index in [9.17, 15) is 0 Å². The van der Waals surface area contributed by atoms with Gasteiger partial charge in [-0.05, 0) is 60.8 Å². The predicted octanol–water partition coefficient (Wildman–Crippen LogP) is 4.90. The van der Waals surface area contributed by atoms with E-state index in [1.807, 2.05) is 0 Å². The molecule has 0 aliphatic heterocycles. The Morgan fingerprint density at radius 3 is 2.67 bits per heavy atom. The van der Waals surface area contributed by atoms with E-state index in [2.05, 4.69) is 57.6 Å². The maximum Gasteiger partial charge on any atom is 0.119 e. The van der Waals surface area contributed by atoms with Crippen molar-refractivity contribution in [1.29, 1.82) is 0 Å². The summed E-state index contributed by atoms with van der Waals surface area (Å²) in [7, 11) is 0. The van der Waals surface area contributed by atoms with Gasteiger partial charge in [-0.1, -0.05) is 40.9 Å². The molecule has 0 amide bonds. The molecule has 1 saturated carbocycles. The van der Waals surface area contributed by atoms with Gasteiger partial charge in [0.05, 0.1) is 6.61 Å². The van der Waals surface area contributed by atoms with Crippen LogP contribution >= 0.6 is 15.9 Å². The van der Waals surface area contributed by atoms with Crippen molar-refractivity contribution < 1.29 is 4.74 Å². The lowest BCUT2D eigenvalue weighted by atomic mass is 10.1. The molecule has 2 nitrogen and oxygen atoms in total. The van der Waals surface area contributed by atoms with Gasteiger partial charge in [-0.25, -0.2) is 0 Å². The number of fused-ring (bicyclic) bond motifs is 1. The van der Waals surface area contributed by atoms with Crippen molar-refractivity contribution in [2.75, 3.05) is 13.2 Å². The highest BCUT2D eigenvalue weighted by Gasteiger charge is 2.13. The van der Waals surface area contributed by atoms with Crippen molar-refractivity contribution >= 4 is 26.7 Å². The van der Waals surface area contributed by atoms with E-state index in [0.29, 0.717) is 0 Å². The smallest absolute Gasteiger partial charge is 0.119 e. The van der Waals surface area contributed by atoms with Crippen molar-refractivity contribution in [2.45, 2.75) is 38.1 Å². The van der Waals surface area contributed by atoms with E-state index in [1.54, 1.807) is 0 Å². The largest absolute Gasteiger partial charge is 0.494 e. The Morgan fingerprint density at radius 1 is 1.05 bits per heavy atom. The first-order valence-electron chi connectivity index (χ1n) is 7.87. The summed E-state index contributed by atoms with van der Waals surface area (Å²) >= 11 is 3.50. The highest BCUT2D eigenvalue weighted by molar-refractivity contribution is 9.10. The van der Waals surface area contributed by atoms with Crippen LogP contribution in [-0.4, -0.2) is 19.2 Å². The van der Waals surface area contributed by atoms with E-state index in [-0.39, 0.29) is 0 Å². The Balaban J connectivity index is 1.45. The van der Waals surface area contributed by atoms with Crippen molar-refractivity contribution in [1.82, 2.24) is 5.32 Å². The quantitative estimate of drug-likeness (QED) is 0.750. The fraction of sp³-hybridized carbons (Fsp3) is 0.444. The van der Waals surface area contributed by atoms with Gasteiger partial charge in [0.1, 0.15) is 5.75 Å². The van der Waals surface area contributed by atoms with Crippen LogP contribution in [0.25, 0.3) is 10.8 Å². The lowest BCUT2D eigenvalue weighted by Crippen LogP contribution is -2.27. The first-order chi connectivity index (χ1) is 10.3. The molecule has 0 radical (unpaired) electrons. The van der Waals surface area contributed by atoms with E-state index in [0.717, 1.165) is 35.8 Å². The van der Waals surface area contributed by atoms with E-state index < -0.39 is 0 Å². The molecule has 3 heteroatoms. The number of hydrogen-bond acceptors (Lipinski definition) is 2. The van der Waals surface area contributed by atoms with Gasteiger partial charge < -0.3 is 10.1 Å². The van der Waals surface area contributed by atoms with Crippen LogP contribution in [0.3, 0.4) is 0 Å². The summed E-state index contributed by atoms with van der Waals surface area (Å²) in [5.74, 6) is 0.964. The van der Waals surface area contributed by atoms with Gasteiger partial charge in [-0.3, -0.25) is 0 Å². The zero-order valence-corrected chi connectivity index (χ0v) is 13.9. The average Bonchev–Trinajstić information content (AvgIpc) is 3.00. The summed E-state index contributed by atoms with van der Waals surface area (Å²) in [4.78, 5) is 0. The predicted molar refractivity (Wildman–Crippen MR) is 92.0 cm³/mol. The second-order valence-corrected chi connectivity index (χ2v) is 6.71. The average molecular weight is 348 g/mol. The van der Waals surface area contributed by atoms with Crippen molar-refractivity contribution in [3.8, 4) is 5.75 Å². The highest BCUT2D eigenvalue weighted by Crippen LogP contribution is 2.24. The van der Waals surface area contributed by atoms with Crippen molar-refractivity contribution in [2.24, 2.45) is 0 Å². The molecule has 0 bridgehead atoms. The molecule has 0 spiro atoms. The molecule has 1 aliphatic rings. The monoisotopic (exact) mass is 347 g/mol. The van der Waals surface area contributed by atoms with Crippen LogP contribution in [0.2, 0.25) is 0 Å². The molecular weight excluding hydrogens is 326 g/mol. The Hall–Kier alpha value is -1.06. The molecule has 0 aromatic heterocycles. The number of benzene rings is 2. The van der Waals surface area contributed by atoms with Crippen LogP contribution in [-0.2, 0) is 0 Å². The number of rotatable bonds is 6. The van der Waals surface area contributed by atoms with Gasteiger partial charge in [-0.15, -0.1) is 0 Å². The van der Waals surface area contributed by atoms with Crippen molar-refractivity contribution in [3.05, 3.63) is 40.9 Å². The Bertz CT molecular complexity index is 593. The molecule has 112 valence electrons. The molecule has 0 saturated heterocycles. The molecule has 2 aromatic carbocycles. The molecule has 3 rings (SSSR count). The molecule has 1 aliphatic carbocycles. The van der Waals surface area contributed by atoms with E-state index in [1.165, 1.54) is 36.5 Å². The topological polar surface area (TPSA) is 21.3 Å². The highest BCUT2D eigenvalue weighted by atomic mass is 79.9. The lowest BCUT2D eigenvalue weighted by molar-refractivity contribution is 0.305. The van der Waals surface area contributed by atoms with Crippen LogP contribution in [0, 0.1) is 0 Å². The zero-order chi connectivity index (χ0) is 14.5. The van der Waals surface area contributed by atoms with Gasteiger partial charge >= 0.3 is 0 Å². The van der Waals surface area contributed by atoms with Crippen LogP contribution in [0.4, 0.5) is 0 Å². The Kier molecular flexibility index (Phi) is 5.15. The van der Waals surface area contributed by atoms with Crippen LogP contribution in [0.1, 0.15) is 32.1 Å². The number of ether oxygens (including phenoxy) is 1. The lowest BCUT2D eigenvalue weighted by Gasteiger charge is -2.12. The van der Waals surface area contributed by atoms with Crippen LogP contribution in [0.5, 0.6) is 5.75 Å². The molecule has 1 fully saturated rings. The normalized spacial score (nSPS) is 15.7. The minimum absolute atomic E-state index is 0.754. The number of nitrogens with one attached hydrogen (secondary N) is 1. The summed E-state index contributed by atoms with van der Waals surface area (Å²) in [5, 5.41) is 6.08. The van der Waals surface area contributed by atoms with E-state index >= 15 is 0 Å². The third-order valence-electron chi connectivity index (χ3n) is 4.15. The molecule has 1 N–H and O–H groups in total. The first-order valence-corrected chi connectivity index (χ1v) is 8.66. The third-order valence-corrected chi connectivity index (χ3v) is 4.65. The minimum Gasteiger partial charge on any atom is -0.494 e. The second-order valence-electron chi connectivity index (χ2n) is 5.79. The van der Waals surface area contributed by atoms with Crippen LogP contribution in [0.15, 0.2) is 40.9 Å². The Labute approximate surface area is 135 Å². The van der Waals surface area contributed by atoms with Crippen LogP contribution < -0.4 is 10.1 Å². The minimum atomic E-state index is 0.754. The summed E-state index contributed by atoms with van der Waals surface area (Å²) in [6.07, 6.45) is 6.54. The summed E-state index contributed by atoms with van der Waals surface area (Å²) in [6.45, 7) is 1.84. The van der Waals surface area contributed by atoms with E-state index in [4.69, 9.17) is 4.74 Å². The first kappa shape index (κ1) is 14.9. The van der Waals surface area contributed by atoms with Gasteiger partial charge in [0, 0.05) is 10.5 Å². The van der Waals surface area contributed by atoms with Crippen molar-refractivity contribution in [3.63, 3.8) is 0 Å². The fourth-order valence-corrected chi connectivity index (χ4v) is 3.36. The molecular formula is C18H22BrNO. The van der Waals surface area contributed by atoms with Gasteiger partial charge in [0.25, 0.3) is 0 Å². The van der Waals surface area contributed by atoms with Gasteiger partial charge in [0.15, 0.2) is 0 Å². The van der Waals surface area contributed by atoms with Gasteiger partial charge in [-0.2, -0.15) is 0 Å². The summed E-state index contributed by atoms with van der Waals surface area (Å²) in [5.41, 5.74) is 0. The maximum absolute atomic E-state index is 5.86. The Morgan fingerprint density at radius 2 is 1.81 bits per heavy atom. The molecule has 0 unspecified atom stereocenters. The molecule has 0 atom stereocenters. The number of hydrogen-bond donors (Lipinski definition) is 1. The molecule has 2 aromatic rings. The molecule has 21 heavy (non-hydrogen) atoms. The SMILES string of the molecule is Brc1ccc2cc(OCCCNC3CCCC3)ccc2c1. The second kappa shape index (κ2) is 7.28. The standard InChI is InChI=1S/C18H22BrNO/c19-16-8-6-15-13-18(9-7-14(15)12-16)21-11-3-10-20-17-4-1-2-5-17/h6-9,12-13,17,20H,1-5,10-11H2. The summed E-state index contributed by atoms with van der Waals surface area (Å²) < 4.78 is 6.97. The fourth-order valence-electron chi connectivity index (χ4n) is 2.98. The summed E-state index contributed by atoms with van der Waals surface area (Å²) in [6, 6.07) is 13.4. The third kappa shape index (κ3) is 4.21. The zero-order valence-electron chi connectivity index (χ0n) is 12.3. The number of halogens is 1. The maximum atomic E-state index is 5.86.